The fourth-order valence-electron chi connectivity index (χ4n) is 2.80. The molecule has 1 fully saturated rings. The zero-order valence-electron chi connectivity index (χ0n) is 12.1. The van der Waals surface area contributed by atoms with E-state index in [1.54, 1.807) is 19.2 Å². The van der Waals surface area contributed by atoms with E-state index in [1.165, 1.54) is 0 Å². The summed E-state index contributed by atoms with van der Waals surface area (Å²) in [5.41, 5.74) is 3.85. The summed E-state index contributed by atoms with van der Waals surface area (Å²) in [6, 6.07) is 3.57. The molecule has 1 saturated heterocycles. The van der Waals surface area contributed by atoms with Gasteiger partial charge in [0.1, 0.15) is 5.82 Å². The number of imidazole rings is 1. The summed E-state index contributed by atoms with van der Waals surface area (Å²) in [6.07, 6.45) is 3.92. The van der Waals surface area contributed by atoms with Crippen LogP contribution in [0.2, 0.25) is 0 Å². The number of aryl methyl sites for hydroxylation is 2. The summed E-state index contributed by atoms with van der Waals surface area (Å²) in [5, 5.41) is 9.26. The van der Waals surface area contributed by atoms with Crippen LogP contribution in [0.4, 0.5) is 0 Å². The first-order chi connectivity index (χ1) is 10.1. The SMILES string of the molecule is Cc1cc(C)c(-c2ncc([C@@H]3CCCO3)[nH]2)cc1C(=O)O. The number of hydrogen-bond donors (Lipinski definition) is 2. The maximum absolute atomic E-state index is 11.3. The second kappa shape index (κ2) is 5.33. The minimum Gasteiger partial charge on any atom is -0.478 e. The van der Waals surface area contributed by atoms with E-state index in [4.69, 9.17) is 4.74 Å². The first-order valence-corrected chi connectivity index (χ1v) is 7.07. The summed E-state index contributed by atoms with van der Waals surface area (Å²) in [5.74, 6) is -0.222. The van der Waals surface area contributed by atoms with Crippen LogP contribution in [0.25, 0.3) is 11.4 Å². The number of nitrogens with one attached hydrogen (secondary N) is 1. The molecule has 110 valence electrons. The second-order valence-electron chi connectivity index (χ2n) is 5.48. The molecule has 2 aromatic rings. The molecular weight excluding hydrogens is 268 g/mol. The van der Waals surface area contributed by atoms with Gasteiger partial charge in [0.15, 0.2) is 0 Å². The van der Waals surface area contributed by atoms with Crippen LogP contribution in [0, 0.1) is 13.8 Å². The average molecular weight is 286 g/mol. The highest BCUT2D eigenvalue weighted by Gasteiger charge is 2.21. The molecule has 0 aliphatic carbocycles. The van der Waals surface area contributed by atoms with Crippen molar-refractivity contribution in [1.29, 1.82) is 0 Å². The number of H-pyrrole nitrogens is 1. The van der Waals surface area contributed by atoms with E-state index in [0.717, 1.165) is 41.8 Å². The standard InChI is InChI=1S/C16H18N2O3/c1-9-6-10(2)12(16(19)20)7-11(9)15-17-8-13(18-15)14-4-3-5-21-14/h6-8,14H,3-5H2,1-2H3,(H,17,18)(H,19,20)/t14-/m0/s1. The van der Waals surface area contributed by atoms with E-state index in [0.29, 0.717) is 11.4 Å². The number of aromatic nitrogens is 2. The van der Waals surface area contributed by atoms with E-state index in [9.17, 15) is 9.90 Å². The first kappa shape index (κ1) is 13.8. The Kier molecular flexibility index (Phi) is 3.51. The molecule has 0 spiro atoms. The van der Waals surface area contributed by atoms with Gasteiger partial charge in [-0.1, -0.05) is 6.07 Å². The Labute approximate surface area is 123 Å². The van der Waals surface area contributed by atoms with E-state index < -0.39 is 5.97 Å². The molecule has 0 amide bonds. The van der Waals surface area contributed by atoms with Gasteiger partial charge < -0.3 is 14.8 Å². The zero-order valence-corrected chi connectivity index (χ0v) is 12.1. The minimum absolute atomic E-state index is 0.0796. The van der Waals surface area contributed by atoms with Gasteiger partial charge >= 0.3 is 5.97 Å². The number of aromatic amines is 1. The third kappa shape index (κ3) is 2.56. The van der Waals surface area contributed by atoms with Gasteiger partial charge in [0.25, 0.3) is 0 Å². The molecule has 1 atom stereocenters. The Morgan fingerprint density at radius 2 is 2.19 bits per heavy atom. The van der Waals surface area contributed by atoms with E-state index >= 15 is 0 Å². The normalized spacial score (nSPS) is 18.1. The number of ether oxygens (including phenoxy) is 1. The Morgan fingerprint density at radius 1 is 1.38 bits per heavy atom. The number of rotatable bonds is 3. The minimum atomic E-state index is -0.917. The molecular formula is C16H18N2O3. The maximum Gasteiger partial charge on any atom is 0.335 e. The Balaban J connectivity index is 2.00. The molecule has 1 aliphatic heterocycles. The molecule has 3 rings (SSSR count). The van der Waals surface area contributed by atoms with Crippen LogP contribution in [0.1, 0.15) is 46.1 Å². The number of aromatic carboxylic acids is 1. The Morgan fingerprint density at radius 3 is 2.86 bits per heavy atom. The lowest BCUT2D eigenvalue weighted by Gasteiger charge is -2.09. The van der Waals surface area contributed by atoms with Crippen LogP contribution in [-0.4, -0.2) is 27.7 Å². The lowest BCUT2D eigenvalue weighted by molar-refractivity contribution is 0.0696. The third-order valence-corrected chi connectivity index (χ3v) is 3.93. The summed E-state index contributed by atoms with van der Waals surface area (Å²) >= 11 is 0. The van der Waals surface area contributed by atoms with E-state index in [1.807, 2.05) is 13.0 Å². The molecule has 1 aromatic heterocycles. The summed E-state index contributed by atoms with van der Waals surface area (Å²) in [6.45, 7) is 4.55. The molecule has 0 saturated carbocycles. The fraction of sp³-hybridized carbons (Fsp3) is 0.375. The van der Waals surface area contributed by atoms with Crippen LogP contribution >= 0.6 is 0 Å². The monoisotopic (exact) mass is 286 g/mol. The van der Waals surface area contributed by atoms with Gasteiger partial charge in [0, 0.05) is 12.2 Å². The Bertz CT molecular complexity index is 685. The number of benzene rings is 1. The van der Waals surface area contributed by atoms with Crippen LogP contribution in [-0.2, 0) is 4.74 Å². The van der Waals surface area contributed by atoms with Crippen molar-refractivity contribution < 1.29 is 14.6 Å². The van der Waals surface area contributed by atoms with Gasteiger partial charge in [0.05, 0.1) is 23.6 Å². The summed E-state index contributed by atoms with van der Waals surface area (Å²) < 4.78 is 5.63. The van der Waals surface area contributed by atoms with Gasteiger partial charge in [-0.05, 0) is 43.9 Å². The highest BCUT2D eigenvalue weighted by molar-refractivity contribution is 5.91. The van der Waals surface area contributed by atoms with Crippen LogP contribution in [0.15, 0.2) is 18.3 Å². The largest absolute Gasteiger partial charge is 0.478 e. The molecule has 0 radical (unpaired) electrons. The molecule has 0 unspecified atom stereocenters. The maximum atomic E-state index is 11.3. The molecule has 1 aliphatic rings. The van der Waals surface area contributed by atoms with Crippen LogP contribution in [0.3, 0.4) is 0 Å². The molecule has 2 N–H and O–H groups in total. The molecule has 21 heavy (non-hydrogen) atoms. The lowest BCUT2D eigenvalue weighted by atomic mass is 9.99. The number of carboxylic acids is 1. The van der Waals surface area contributed by atoms with Crippen LogP contribution in [0.5, 0.6) is 0 Å². The van der Waals surface area contributed by atoms with Gasteiger partial charge in [-0.2, -0.15) is 0 Å². The number of nitrogens with zero attached hydrogens (tertiary/aromatic N) is 1. The van der Waals surface area contributed by atoms with Crippen LogP contribution < -0.4 is 0 Å². The number of carbonyl (C=O) groups is 1. The van der Waals surface area contributed by atoms with E-state index in [-0.39, 0.29) is 6.10 Å². The van der Waals surface area contributed by atoms with Crippen molar-refractivity contribution >= 4 is 5.97 Å². The smallest absolute Gasteiger partial charge is 0.335 e. The quantitative estimate of drug-likeness (QED) is 0.908. The van der Waals surface area contributed by atoms with Crippen molar-refractivity contribution in [2.45, 2.75) is 32.8 Å². The topological polar surface area (TPSA) is 75.2 Å². The lowest BCUT2D eigenvalue weighted by Crippen LogP contribution is -2.02. The van der Waals surface area contributed by atoms with Crippen molar-refractivity contribution in [3.63, 3.8) is 0 Å². The predicted octanol–water partition coefficient (Wildman–Crippen LogP) is 3.24. The van der Waals surface area contributed by atoms with Crippen molar-refractivity contribution in [2.75, 3.05) is 6.61 Å². The zero-order chi connectivity index (χ0) is 15.0. The molecule has 2 heterocycles. The van der Waals surface area contributed by atoms with Gasteiger partial charge in [-0.3, -0.25) is 0 Å². The van der Waals surface area contributed by atoms with Crippen molar-refractivity contribution in [3.05, 3.63) is 40.7 Å². The van der Waals surface area contributed by atoms with Crippen molar-refractivity contribution in [3.8, 4) is 11.4 Å². The highest BCUT2D eigenvalue weighted by atomic mass is 16.5. The van der Waals surface area contributed by atoms with Crippen molar-refractivity contribution in [1.82, 2.24) is 9.97 Å². The predicted molar refractivity (Wildman–Crippen MR) is 78.4 cm³/mol. The third-order valence-electron chi connectivity index (χ3n) is 3.93. The average Bonchev–Trinajstić information content (AvgIpc) is 3.09. The fourth-order valence-corrected chi connectivity index (χ4v) is 2.80. The molecule has 1 aromatic carbocycles. The van der Waals surface area contributed by atoms with Gasteiger partial charge in [0.2, 0.25) is 0 Å². The Hall–Kier alpha value is -2.14. The first-order valence-electron chi connectivity index (χ1n) is 7.07. The molecule has 5 nitrogen and oxygen atoms in total. The second-order valence-corrected chi connectivity index (χ2v) is 5.48. The number of hydrogen-bond acceptors (Lipinski definition) is 3. The summed E-state index contributed by atoms with van der Waals surface area (Å²) in [7, 11) is 0. The molecule has 5 heteroatoms. The number of carboxylic acid groups (broad SMARTS) is 1. The highest BCUT2D eigenvalue weighted by Crippen LogP contribution is 2.30. The van der Waals surface area contributed by atoms with Crippen molar-refractivity contribution in [2.24, 2.45) is 0 Å². The molecule has 0 bridgehead atoms. The van der Waals surface area contributed by atoms with Gasteiger partial charge in [-0.15, -0.1) is 0 Å². The van der Waals surface area contributed by atoms with E-state index in [2.05, 4.69) is 9.97 Å². The van der Waals surface area contributed by atoms with Gasteiger partial charge in [-0.25, -0.2) is 9.78 Å². The summed E-state index contributed by atoms with van der Waals surface area (Å²) in [4.78, 5) is 18.9.